The third kappa shape index (κ3) is 2.11. The minimum Gasteiger partial charge on any atom is -0.334 e. The molecule has 1 aromatic carbocycles. The number of nitrogens with zero attached hydrogens (tertiary/aromatic N) is 1. The van der Waals surface area contributed by atoms with E-state index in [4.69, 9.17) is 0 Å². The summed E-state index contributed by atoms with van der Waals surface area (Å²) in [5.74, 6) is 0. The zero-order chi connectivity index (χ0) is 14.5. The van der Waals surface area contributed by atoms with Crippen LogP contribution in [0.25, 0.3) is 0 Å². The second kappa shape index (κ2) is 4.37. The van der Waals surface area contributed by atoms with Crippen LogP contribution in [0.4, 0.5) is 5.69 Å². The third-order valence-corrected chi connectivity index (χ3v) is 4.14. The molecule has 1 aliphatic heterocycles. The van der Waals surface area contributed by atoms with E-state index in [-0.39, 0.29) is 5.41 Å². The maximum atomic E-state index is 2.43. The van der Waals surface area contributed by atoms with Gasteiger partial charge in [-0.3, -0.25) is 0 Å². The van der Waals surface area contributed by atoms with E-state index in [9.17, 15) is 0 Å². The van der Waals surface area contributed by atoms with Crippen molar-refractivity contribution in [3.05, 3.63) is 64.9 Å². The molecular formula is C19H23N. The van der Waals surface area contributed by atoms with E-state index in [0.717, 1.165) is 0 Å². The van der Waals surface area contributed by atoms with Gasteiger partial charge < -0.3 is 4.90 Å². The summed E-state index contributed by atoms with van der Waals surface area (Å²) in [5.41, 5.74) is 6.94. The predicted octanol–water partition coefficient (Wildman–Crippen LogP) is 4.96. The van der Waals surface area contributed by atoms with Gasteiger partial charge in [-0.05, 0) is 54.2 Å². The first kappa shape index (κ1) is 13.2. The van der Waals surface area contributed by atoms with Crippen molar-refractivity contribution < 1.29 is 0 Å². The minimum atomic E-state index is 0.212. The lowest BCUT2D eigenvalue weighted by Crippen LogP contribution is -2.26. The van der Waals surface area contributed by atoms with Crippen molar-refractivity contribution in [2.45, 2.75) is 46.1 Å². The Bertz CT molecular complexity index is 621. The van der Waals surface area contributed by atoms with Gasteiger partial charge >= 0.3 is 0 Å². The molecule has 0 aromatic heterocycles. The van der Waals surface area contributed by atoms with Crippen molar-refractivity contribution in [1.29, 1.82) is 0 Å². The van der Waals surface area contributed by atoms with E-state index in [0.29, 0.717) is 6.04 Å². The van der Waals surface area contributed by atoms with Gasteiger partial charge in [-0.2, -0.15) is 0 Å². The molecule has 0 saturated carbocycles. The molecular weight excluding hydrogens is 242 g/mol. The third-order valence-electron chi connectivity index (χ3n) is 4.14. The lowest BCUT2D eigenvalue weighted by atomic mass is 9.87. The first-order valence-electron chi connectivity index (χ1n) is 7.38. The van der Waals surface area contributed by atoms with Crippen LogP contribution in [0.2, 0.25) is 0 Å². The van der Waals surface area contributed by atoms with Crippen LogP contribution in [-0.4, -0.2) is 6.04 Å². The largest absolute Gasteiger partial charge is 0.334 e. The normalized spacial score (nSPS) is 21.6. The van der Waals surface area contributed by atoms with Crippen molar-refractivity contribution in [1.82, 2.24) is 0 Å². The summed E-state index contributed by atoms with van der Waals surface area (Å²) in [7, 11) is 0. The Kier molecular flexibility index (Phi) is 2.89. The van der Waals surface area contributed by atoms with Crippen LogP contribution in [0.1, 0.15) is 40.2 Å². The predicted molar refractivity (Wildman–Crippen MR) is 87.0 cm³/mol. The van der Waals surface area contributed by atoms with E-state index in [2.05, 4.69) is 82.0 Å². The lowest BCUT2D eigenvalue weighted by molar-refractivity contribution is 0.590. The molecule has 1 atom stereocenters. The average molecular weight is 265 g/mol. The molecule has 20 heavy (non-hydrogen) atoms. The Morgan fingerprint density at radius 3 is 2.25 bits per heavy atom. The SMILES string of the molecule is CC1=CC2=CC(C)N(c3ccc(C(C)(C)C)cc3)C2=C1. The van der Waals surface area contributed by atoms with E-state index >= 15 is 0 Å². The molecule has 104 valence electrons. The highest BCUT2D eigenvalue weighted by molar-refractivity contribution is 5.69. The average Bonchev–Trinajstić information content (AvgIpc) is 2.82. The summed E-state index contributed by atoms with van der Waals surface area (Å²) in [5, 5.41) is 0. The summed E-state index contributed by atoms with van der Waals surface area (Å²) in [4.78, 5) is 2.43. The van der Waals surface area contributed by atoms with E-state index in [1.165, 1.54) is 28.1 Å². The molecule has 0 radical (unpaired) electrons. The first-order valence-corrected chi connectivity index (χ1v) is 7.38. The molecule has 0 fully saturated rings. The Morgan fingerprint density at radius 2 is 1.65 bits per heavy atom. The zero-order valence-electron chi connectivity index (χ0n) is 13.1. The van der Waals surface area contributed by atoms with E-state index in [1.54, 1.807) is 0 Å². The molecule has 1 aromatic rings. The van der Waals surface area contributed by atoms with E-state index in [1.807, 2.05) is 0 Å². The highest BCUT2D eigenvalue weighted by Gasteiger charge is 2.28. The maximum Gasteiger partial charge on any atom is 0.0503 e. The van der Waals surface area contributed by atoms with Crippen molar-refractivity contribution >= 4 is 5.69 Å². The summed E-state index contributed by atoms with van der Waals surface area (Å²) in [6.45, 7) is 11.2. The Balaban J connectivity index is 1.93. The monoisotopic (exact) mass is 265 g/mol. The first-order chi connectivity index (χ1) is 9.36. The number of hydrogen-bond donors (Lipinski definition) is 0. The number of benzene rings is 1. The summed E-state index contributed by atoms with van der Waals surface area (Å²) in [6.07, 6.45) is 6.91. The summed E-state index contributed by atoms with van der Waals surface area (Å²) >= 11 is 0. The number of hydrogen-bond acceptors (Lipinski definition) is 1. The van der Waals surface area contributed by atoms with Gasteiger partial charge in [-0.25, -0.2) is 0 Å². The molecule has 1 aliphatic carbocycles. The quantitative estimate of drug-likeness (QED) is 0.693. The van der Waals surface area contributed by atoms with Gasteiger partial charge in [-0.15, -0.1) is 0 Å². The van der Waals surface area contributed by atoms with Gasteiger partial charge in [0, 0.05) is 11.4 Å². The molecule has 1 heteroatoms. The van der Waals surface area contributed by atoms with Gasteiger partial charge in [0.25, 0.3) is 0 Å². The van der Waals surface area contributed by atoms with Gasteiger partial charge in [0.1, 0.15) is 0 Å². The van der Waals surface area contributed by atoms with Crippen molar-refractivity contribution in [3.63, 3.8) is 0 Å². The fourth-order valence-electron chi connectivity index (χ4n) is 3.05. The molecule has 0 amide bonds. The fourth-order valence-corrected chi connectivity index (χ4v) is 3.05. The van der Waals surface area contributed by atoms with Crippen molar-refractivity contribution in [2.75, 3.05) is 4.90 Å². The topological polar surface area (TPSA) is 3.24 Å². The molecule has 0 bridgehead atoms. The number of fused-ring (bicyclic) bond motifs is 1. The number of allylic oxidation sites excluding steroid dienone is 3. The minimum absolute atomic E-state index is 0.212. The second-order valence-electron chi connectivity index (χ2n) is 6.95. The molecule has 1 unspecified atom stereocenters. The molecule has 2 aliphatic rings. The van der Waals surface area contributed by atoms with Crippen LogP contribution in [0.5, 0.6) is 0 Å². The highest BCUT2D eigenvalue weighted by atomic mass is 15.2. The van der Waals surface area contributed by atoms with E-state index < -0.39 is 0 Å². The Morgan fingerprint density at radius 1 is 1.00 bits per heavy atom. The van der Waals surface area contributed by atoms with Crippen LogP contribution >= 0.6 is 0 Å². The summed E-state index contributed by atoms with van der Waals surface area (Å²) in [6, 6.07) is 9.46. The number of rotatable bonds is 1. The summed E-state index contributed by atoms with van der Waals surface area (Å²) < 4.78 is 0. The standard InChI is InChI=1S/C19H23N/c1-13-10-15-12-14(2)20(18(15)11-13)17-8-6-16(7-9-17)19(3,4)5/h6-12,14H,1-5H3. The van der Waals surface area contributed by atoms with Crippen molar-refractivity contribution in [2.24, 2.45) is 0 Å². The van der Waals surface area contributed by atoms with Crippen LogP contribution in [-0.2, 0) is 5.41 Å². The van der Waals surface area contributed by atoms with Crippen LogP contribution in [0.15, 0.2) is 59.3 Å². The maximum absolute atomic E-state index is 2.43. The van der Waals surface area contributed by atoms with Crippen LogP contribution < -0.4 is 4.90 Å². The lowest BCUT2D eigenvalue weighted by Gasteiger charge is -2.27. The zero-order valence-corrected chi connectivity index (χ0v) is 13.1. The van der Waals surface area contributed by atoms with Crippen LogP contribution in [0.3, 0.4) is 0 Å². The van der Waals surface area contributed by atoms with Crippen LogP contribution in [0, 0.1) is 0 Å². The Hall–Kier alpha value is -1.76. The van der Waals surface area contributed by atoms with Gasteiger partial charge in [0.05, 0.1) is 6.04 Å². The Labute approximate surface area is 122 Å². The second-order valence-corrected chi connectivity index (χ2v) is 6.95. The smallest absolute Gasteiger partial charge is 0.0503 e. The van der Waals surface area contributed by atoms with Gasteiger partial charge in [-0.1, -0.05) is 45.1 Å². The molecule has 0 spiro atoms. The van der Waals surface area contributed by atoms with Gasteiger partial charge in [0.15, 0.2) is 0 Å². The fraction of sp³-hybridized carbons (Fsp3) is 0.368. The number of anilines is 1. The molecule has 1 nitrogen and oxygen atoms in total. The van der Waals surface area contributed by atoms with Gasteiger partial charge in [0.2, 0.25) is 0 Å². The molecule has 0 N–H and O–H groups in total. The molecule has 3 rings (SSSR count). The molecule has 1 heterocycles. The van der Waals surface area contributed by atoms with Crippen molar-refractivity contribution in [3.8, 4) is 0 Å². The molecule has 0 saturated heterocycles. The highest BCUT2D eigenvalue weighted by Crippen LogP contribution is 2.38.